The molecule has 0 saturated heterocycles. The van der Waals surface area contributed by atoms with Crippen molar-refractivity contribution in [1.82, 2.24) is 9.97 Å². The minimum absolute atomic E-state index is 0.163. The van der Waals surface area contributed by atoms with Crippen molar-refractivity contribution in [3.63, 3.8) is 0 Å². The highest BCUT2D eigenvalue weighted by atomic mass is 19.4. The second-order valence-electron chi connectivity index (χ2n) is 11.4. The molecular formula is C38H17F6N5. The Kier molecular flexibility index (Phi) is 7.01. The molecule has 0 aliphatic heterocycles. The second-order valence-corrected chi connectivity index (χ2v) is 11.4. The zero-order valence-corrected chi connectivity index (χ0v) is 25.1. The molecule has 2 aliphatic carbocycles. The maximum Gasteiger partial charge on any atom is 0.416 e. The Morgan fingerprint density at radius 2 is 0.939 bits per heavy atom. The minimum atomic E-state index is -4.56. The molecule has 7 rings (SSSR count). The van der Waals surface area contributed by atoms with Crippen LogP contribution < -0.4 is 0 Å². The molecule has 0 spiro atoms. The molecule has 4 aromatic carbocycles. The van der Waals surface area contributed by atoms with E-state index in [4.69, 9.17) is 9.97 Å². The van der Waals surface area contributed by atoms with Gasteiger partial charge in [-0.1, -0.05) is 48.5 Å². The van der Waals surface area contributed by atoms with Crippen molar-refractivity contribution in [2.75, 3.05) is 0 Å². The van der Waals surface area contributed by atoms with Crippen molar-refractivity contribution < 1.29 is 26.3 Å². The monoisotopic (exact) mass is 657 g/mol. The lowest BCUT2D eigenvalue weighted by atomic mass is 9.95. The maximum absolute atomic E-state index is 13.5. The lowest BCUT2D eigenvalue weighted by molar-refractivity contribution is -0.138. The molecular weight excluding hydrogens is 640 g/mol. The van der Waals surface area contributed by atoms with E-state index in [1.165, 1.54) is 18.2 Å². The summed E-state index contributed by atoms with van der Waals surface area (Å²) in [6.07, 6.45) is -9.10. The maximum atomic E-state index is 13.5. The van der Waals surface area contributed by atoms with Crippen LogP contribution in [-0.4, -0.2) is 9.97 Å². The van der Waals surface area contributed by atoms with Crippen LogP contribution in [0.3, 0.4) is 0 Å². The average molecular weight is 658 g/mol. The third kappa shape index (κ3) is 5.02. The van der Waals surface area contributed by atoms with Gasteiger partial charge in [0.1, 0.15) is 23.4 Å². The lowest BCUT2D eigenvalue weighted by Gasteiger charge is -2.11. The summed E-state index contributed by atoms with van der Waals surface area (Å²) in [6, 6.07) is 25.5. The zero-order valence-electron chi connectivity index (χ0n) is 25.1. The smallest absolute Gasteiger partial charge is 0.243 e. The van der Waals surface area contributed by atoms with Gasteiger partial charge in [0.15, 0.2) is 0 Å². The van der Waals surface area contributed by atoms with Gasteiger partial charge < -0.3 is 0 Å². The third-order valence-corrected chi connectivity index (χ3v) is 8.52. The van der Waals surface area contributed by atoms with Crippen molar-refractivity contribution in [2.45, 2.75) is 19.3 Å². The molecule has 49 heavy (non-hydrogen) atoms. The van der Waals surface area contributed by atoms with Gasteiger partial charge in [-0.15, -0.1) is 0 Å². The van der Waals surface area contributed by atoms with Crippen LogP contribution in [0.4, 0.5) is 26.3 Å². The number of allylic oxidation sites excluding steroid dienone is 2. The van der Waals surface area contributed by atoms with E-state index < -0.39 is 23.5 Å². The van der Waals surface area contributed by atoms with Gasteiger partial charge in [-0.3, -0.25) is 0 Å². The molecule has 1 heterocycles. The largest absolute Gasteiger partial charge is 0.416 e. The second kappa shape index (κ2) is 11.0. The summed E-state index contributed by atoms with van der Waals surface area (Å²) < 4.78 is 80.9. The van der Waals surface area contributed by atoms with E-state index in [1.54, 1.807) is 49.4 Å². The van der Waals surface area contributed by atoms with Crippen LogP contribution >= 0.6 is 0 Å². The quantitative estimate of drug-likeness (QED) is 0.136. The Morgan fingerprint density at radius 3 is 1.37 bits per heavy atom. The van der Waals surface area contributed by atoms with Gasteiger partial charge in [0, 0.05) is 27.8 Å². The molecule has 236 valence electrons. The Hall–Kier alpha value is -6.51. The molecule has 5 aromatic rings. The van der Waals surface area contributed by atoms with Crippen LogP contribution in [0, 0.1) is 34.0 Å². The summed E-state index contributed by atoms with van der Waals surface area (Å²) >= 11 is 0. The normalized spacial score (nSPS) is 13.8. The molecule has 0 radical (unpaired) electrons. The number of benzene rings is 4. The predicted octanol–water partition coefficient (Wildman–Crippen LogP) is 10.0. The number of alkyl halides is 6. The van der Waals surface area contributed by atoms with E-state index in [1.807, 2.05) is 12.1 Å². The van der Waals surface area contributed by atoms with Crippen LogP contribution in [0.1, 0.15) is 40.6 Å². The van der Waals surface area contributed by atoms with Gasteiger partial charge in [-0.05, 0) is 76.7 Å². The Bertz CT molecular complexity index is 2450. The first kappa shape index (κ1) is 31.1. The molecule has 0 atom stereocenters. The molecule has 11 heteroatoms. The highest BCUT2D eigenvalue weighted by Gasteiger charge is 2.37. The first-order chi connectivity index (χ1) is 23.3. The van der Waals surface area contributed by atoms with Crippen LogP contribution in [0.2, 0.25) is 0 Å². The van der Waals surface area contributed by atoms with E-state index in [9.17, 15) is 42.1 Å². The fourth-order valence-electron chi connectivity index (χ4n) is 6.26. The molecule has 0 N–H and O–H groups in total. The molecule has 2 aliphatic rings. The van der Waals surface area contributed by atoms with Gasteiger partial charge in [-0.2, -0.15) is 42.1 Å². The van der Waals surface area contributed by atoms with E-state index in [0.717, 1.165) is 24.3 Å². The van der Waals surface area contributed by atoms with E-state index >= 15 is 0 Å². The van der Waals surface area contributed by atoms with Crippen molar-refractivity contribution >= 4 is 11.1 Å². The van der Waals surface area contributed by atoms with E-state index in [-0.39, 0.29) is 28.0 Å². The van der Waals surface area contributed by atoms with Crippen LogP contribution in [0.5, 0.6) is 0 Å². The van der Waals surface area contributed by atoms with Gasteiger partial charge >= 0.3 is 12.4 Å². The highest BCUT2D eigenvalue weighted by molar-refractivity contribution is 6.07. The van der Waals surface area contributed by atoms with Crippen molar-refractivity contribution in [1.29, 1.82) is 15.8 Å². The van der Waals surface area contributed by atoms with Crippen molar-refractivity contribution in [3.8, 4) is 63.0 Å². The van der Waals surface area contributed by atoms with Gasteiger partial charge in [0.05, 0.1) is 34.3 Å². The van der Waals surface area contributed by atoms with E-state index in [2.05, 4.69) is 6.07 Å². The third-order valence-electron chi connectivity index (χ3n) is 8.52. The number of halogens is 6. The molecule has 0 unspecified atom stereocenters. The SMILES string of the molecule is C/C(C#N)=C1/c2cc(-c3cccc(C(F)(F)F)c3)ccc2-c2nc3c(nc21)-c1ccc(-c2cccc(C(F)(F)F)c2)cc1C3=C(C#N)C#N. The number of rotatable bonds is 2. The summed E-state index contributed by atoms with van der Waals surface area (Å²) in [5.41, 5.74) is 3.52. The van der Waals surface area contributed by atoms with E-state index in [0.29, 0.717) is 61.6 Å². The predicted molar refractivity (Wildman–Crippen MR) is 168 cm³/mol. The molecule has 1 aromatic heterocycles. The standard InChI is InChI=1S/C38H17F6N5/c1-19(16-45)31-29-14-22(20-4-2-6-25(12-20)37(39,40)41)8-10-27(29)33-35(31)48-34-28-11-9-23(21-5-3-7-26(13-21)38(42,43)44)15-30(28)32(36(34)49-33)24(17-46)18-47/h2-15H,1H3/b31-19+. The fraction of sp³-hybridized carbons (Fsp3) is 0.0789. The lowest BCUT2D eigenvalue weighted by Crippen LogP contribution is -2.04. The topological polar surface area (TPSA) is 97.2 Å². The summed E-state index contributed by atoms with van der Waals surface area (Å²) in [6.45, 7) is 1.59. The molecule has 0 bridgehead atoms. The number of nitriles is 3. The van der Waals surface area contributed by atoms with Gasteiger partial charge in [-0.25, -0.2) is 9.97 Å². The van der Waals surface area contributed by atoms with Crippen LogP contribution in [0.25, 0.3) is 55.9 Å². The van der Waals surface area contributed by atoms with Crippen LogP contribution in [-0.2, 0) is 12.4 Å². The van der Waals surface area contributed by atoms with Crippen molar-refractivity contribution in [2.24, 2.45) is 0 Å². The summed E-state index contributed by atoms with van der Waals surface area (Å²) in [7, 11) is 0. The fourth-order valence-corrected chi connectivity index (χ4v) is 6.26. The molecule has 0 amide bonds. The first-order valence-electron chi connectivity index (χ1n) is 14.6. The summed E-state index contributed by atoms with van der Waals surface area (Å²) in [4.78, 5) is 9.81. The number of nitrogens with zero attached hydrogens (tertiary/aromatic N) is 5. The highest BCUT2D eigenvalue weighted by Crippen LogP contribution is 2.51. The summed E-state index contributed by atoms with van der Waals surface area (Å²) in [5, 5.41) is 29.8. The molecule has 5 nitrogen and oxygen atoms in total. The molecule has 0 saturated carbocycles. The number of hydrogen-bond donors (Lipinski definition) is 0. The van der Waals surface area contributed by atoms with Gasteiger partial charge in [0.25, 0.3) is 0 Å². The Balaban J connectivity index is 1.42. The number of hydrogen-bond acceptors (Lipinski definition) is 5. The minimum Gasteiger partial charge on any atom is -0.243 e. The molecule has 0 fully saturated rings. The summed E-state index contributed by atoms with van der Waals surface area (Å²) in [5.74, 6) is 0. The Labute approximate surface area is 275 Å². The number of aromatic nitrogens is 2. The Morgan fingerprint density at radius 1 is 0.510 bits per heavy atom. The van der Waals surface area contributed by atoms with Crippen LogP contribution in [0.15, 0.2) is 96.1 Å². The number of fused-ring (bicyclic) bond motifs is 6. The average Bonchev–Trinajstić information content (AvgIpc) is 3.58. The zero-order chi connectivity index (χ0) is 34.8. The first-order valence-corrected chi connectivity index (χ1v) is 14.6. The van der Waals surface area contributed by atoms with Crippen molar-refractivity contribution in [3.05, 3.63) is 130 Å². The van der Waals surface area contributed by atoms with Gasteiger partial charge in [0.2, 0.25) is 0 Å².